The molecule has 34 heavy (non-hydrogen) atoms. The number of hydrogen-bond acceptors (Lipinski definition) is 5. The molecule has 4 aromatic rings. The van der Waals surface area contributed by atoms with E-state index in [-0.39, 0.29) is 11.4 Å². The molecule has 1 aliphatic rings. The van der Waals surface area contributed by atoms with Crippen LogP contribution < -0.4 is 0 Å². The van der Waals surface area contributed by atoms with Gasteiger partial charge < -0.3 is 0 Å². The maximum atomic E-state index is 11.4. The van der Waals surface area contributed by atoms with Gasteiger partial charge in [0.2, 0.25) is 0 Å². The Morgan fingerprint density at radius 1 is 0.735 bits per heavy atom. The van der Waals surface area contributed by atoms with Gasteiger partial charge in [0.25, 0.3) is 11.4 Å². The molecule has 0 bridgehead atoms. The zero-order valence-electron chi connectivity index (χ0n) is 18.0. The third-order valence-electron chi connectivity index (χ3n) is 5.93. The van der Waals surface area contributed by atoms with Crippen LogP contribution in [0, 0.1) is 20.2 Å². The van der Waals surface area contributed by atoms with E-state index >= 15 is 0 Å². The molecule has 0 saturated heterocycles. The highest BCUT2D eigenvalue weighted by molar-refractivity contribution is 5.89. The second-order valence-corrected chi connectivity index (χ2v) is 8.08. The molecule has 5 rings (SSSR count). The van der Waals surface area contributed by atoms with Gasteiger partial charge in [-0.15, -0.1) is 0 Å². The highest BCUT2D eigenvalue weighted by Gasteiger charge is 2.24. The van der Waals surface area contributed by atoms with E-state index in [1.54, 1.807) is 24.3 Å². The van der Waals surface area contributed by atoms with Crippen LogP contribution in [0.5, 0.6) is 0 Å². The molecule has 0 unspecified atom stereocenters. The summed E-state index contributed by atoms with van der Waals surface area (Å²) in [6, 6.07) is 24.9. The van der Waals surface area contributed by atoms with Gasteiger partial charge in [0, 0.05) is 29.8 Å². The van der Waals surface area contributed by atoms with Crippen LogP contribution in [0.1, 0.15) is 23.2 Å². The van der Waals surface area contributed by atoms with Crippen LogP contribution >= 0.6 is 0 Å². The number of fused-ring (bicyclic) bond motifs is 1. The molecule has 7 nitrogen and oxygen atoms in total. The number of rotatable bonds is 5. The summed E-state index contributed by atoms with van der Waals surface area (Å²) in [6.07, 6.45) is 3.40. The molecule has 0 spiro atoms. The fourth-order valence-corrected chi connectivity index (χ4v) is 4.34. The van der Waals surface area contributed by atoms with Crippen LogP contribution in [-0.2, 0) is 6.42 Å². The van der Waals surface area contributed by atoms with E-state index in [1.165, 1.54) is 12.1 Å². The molecule has 1 aliphatic carbocycles. The first-order valence-corrected chi connectivity index (χ1v) is 10.8. The number of nitro groups is 2. The fourth-order valence-electron chi connectivity index (χ4n) is 4.34. The number of aromatic nitrogens is 1. The standard InChI is InChI=1S/C27H19N3O4/c31-29(32)22-10-4-6-18(15-22)14-21-12-13-24-25(20-9-5-11-23(16-20)30(33)34)17-26(28-27(21)24)19-7-2-1-3-8-19/h1-11,14-17H,12-13H2/b21-14+. The van der Waals surface area contributed by atoms with E-state index in [2.05, 4.69) is 0 Å². The van der Waals surface area contributed by atoms with Crippen molar-refractivity contribution in [2.45, 2.75) is 12.8 Å². The molecule has 0 radical (unpaired) electrons. The molecule has 1 aromatic heterocycles. The Morgan fingerprint density at radius 2 is 1.41 bits per heavy atom. The second kappa shape index (κ2) is 8.71. The number of allylic oxidation sites excluding steroid dienone is 1. The summed E-state index contributed by atoms with van der Waals surface area (Å²) in [6.45, 7) is 0. The van der Waals surface area contributed by atoms with E-state index in [1.807, 2.05) is 54.6 Å². The van der Waals surface area contributed by atoms with Crippen molar-refractivity contribution < 1.29 is 9.85 Å². The molecule has 0 fully saturated rings. The maximum absolute atomic E-state index is 11.4. The predicted octanol–water partition coefficient (Wildman–Crippen LogP) is 6.72. The van der Waals surface area contributed by atoms with Crippen molar-refractivity contribution in [1.82, 2.24) is 4.98 Å². The molecule has 0 N–H and O–H groups in total. The number of nitrogens with zero attached hydrogens (tertiary/aromatic N) is 3. The molecule has 0 amide bonds. The third-order valence-corrected chi connectivity index (χ3v) is 5.93. The van der Waals surface area contributed by atoms with Gasteiger partial charge in [-0.25, -0.2) is 4.98 Å². The number of benzene rings is 3. The summed E-state index contributed by atoms with van der Waals surface area (Å²) in [5, 5.41) is 22.6. The minimum atomic E-state index is -0.406. The quantitative estimate of drug-likeness (QED) is 0.249. The van der Waals surface area contributed by atoms with E-state index in [0.717, 1.165) is 57.6 Å². The largest absolute Gasteiger partial charge is 0.270 e. The molecule has 7 heteroatoms. The Kier molecular flexibility index (Phi) is 5.43. The van der Waals surface area contributed by atoms with Crippen molar-refractivity contribution in [3.63, 3.8) is 0 Å². The van der Waals surface area contributed by atoms with E-state index < -0.39 is 9.85 Å². The Labute approximate surface area is 195 Å². The topological polar surface area (TPSA) is 99.2 Å². The lowest BCUT2D eigenvalue weighted by atomic mass is 9.96. The number of non-ortho nitro benzene ring substituents is 2. The first kappa shape index (κ1) is 21.2. The van der Waals surface area contributed by atoms with Crippen molar-refractivity contribution in [3.05, 3.63) is 122 Å². The first-order valence-electron chi connectivity index (χ1n) is 10.8. The normalized spacial score (nSPS) is 13.6. The minimum Gasteiger partial charge on any atom is -0.258 e. The Bertz CT molecular complexity index is 1460. The summed E-state index contributed by atoms with van der Waals surface area (Å²) in [5.74, 6) is 0. The lowest BCUT2D eigenvalue weighted by molar-refractivity contribution is -0.385. The number of pyridine rings is 1. The lowest BCUT2D eigenvalue weighted by Gasteiger charge is -2.12. The van der Waals surface area contributed by atoms with Crippen molar-refractivity contribution >= 4 is 23.0 Å². The minimum absolute atomic E-state index is 0.0367. The van der Waals surface area contributed by atoms with Crippen molar-refractivity contribution in [1.29, 1.82) is 0 Å². The average molecular weight is 449 g/mol. The Morgan fingerprint density at radius 3 is 2.15 bits per heavy atom. The molecule has 166 valence electrons. The SMILES string of the molecule is O=[N+]([O-])c1cccc(/C=C2\CCc3c(-c4cccc([N+](=O)[O-])c4)cc(-c4ccccc4)nc32)c1. The zero-order chi connectivity index (χ0) is 23.7. The summed E-state index contributed by atoms with van der Waals surface area (Å²) >= 11 is 0. The number of nitro benzene ring substituents is 2. The summed E-state index contributed by atoms with van der Waals surface area (Å²) in [7, 11) is 0. The van der Waals surface area contributed by atoms with Crippen LogP contribution in [0.3, 0.4) is 0 Å². The molecule has 3 aromatic carbocycles. The van der Waals surface area contributed by atoms with Crippen molar-refractivity contribution in [3.8, 4) is 22.4 Å². The van der Waals surface area contributed by atoms with E-state index in [4.69, 9.17) is 4.98 Å². The molecule has 0 aliphatic heterocycles. The molecule has 0 atom stereocenters. The van der Waals surface area contributed by atoms with Crippen LogP contribution in [0.2, 0.25) is 0 Å². The van der Waals surface area contributed by atoms with Gasteiger partial charge >= 0.3 is 0 Å². The highest BCUT2D eigenvalue weighted by atomic mass is 16.6. The van der Waals surface area contributed by atoms with Gasteiger partial charge in [0.15, 0.2) is 0 Å². The number of hydrogen-bond donors (Lipinski definition) is 0. The molecule has 0 saturated carbocycles. The predicted molar refractivity (Wildman–Crippen MR) is 131 cm³/mol. The summed E-state index contributed by atoms with van der Waals surface area (Å²) in [4.78, 5) is 26.7. The van der Waals surface area contributed by atoms with Crippen molar-refractivity contribution in [2.75, 3.05) is 0 Å². The van der Waals surface area contributed by atoms with Crippen LogP contribution in [0.15, 0.2) is 84.9 Å². The second-order valence-electron chi connectivity index (χ2n) is 8.08. The molecular formula is C27H19N3O4. The average Bonchev–Trinajstić information content (AvgIpc) is 3.26. The van der Waals surface area contributed by atoms with Gasteiger partial charge in [-0.3, -0.25) is 20.2 Å². The Balaban J connectivity index is 1.69. The van der Waals surface area contributed by atoms with Crippen LogP contribution in [0.4, 0.5) is 11.4 Å². The smallest absolute Gasteiger partial charge is 0.258 e. The first-order chi connectivity index (χ1) is 16.5. The highest BCUT2D eigenvalue weighted by Crippen LogP contribution is 2.41. The molecular weight excluding hydrogens is 430 g/mol. The van der Waals surface area contributed by atoms with Crippen molar-refractivity contribution in [2.24, 2.45) is 0 Å². The molecule has 1 heterocycles. The lowest BCUT2D eigenvalue weighted by Crippen LogP contribution is -1.97. The summed E-state index contributed by atoms with van der Waals surface area (Å²) in [5.41, 5.74) is 7.04. The van der Waals surface area contributed by atoms with Gasteiger partial charge in [-0.1, -0.05) is 54.6 Å². The Hall–Kier alpha value is -4.65. The maximum Gasteiger partial charge on any atom is 0.270 e. The third kappa shape index (κ3) is 4.06. The van der Waals surface area contributed by atoms with Gasteiger partial charge in [0.05, 0.1) is 21.2 Å². The zero-order valence-corrected chi connectivity index (χ0v) is 18.0. The van der Waals surface area contributed by atoms with Gasteiger partial charge in [0.1, 0.15) is 0 Å². The van der Waals surface area contributed by atoms with Gasteiger partial charge in [-0.05, 0) is 52.8 Å². The monoisotopic (exact) mass is 449 g/mol. The van der Waals surface area contributed by atoms with E-state index in [9.17, 15) is 20.2 Å². The van der Waals surface area contributed by atoms with E-state index in [0.29, 0.717) is 0 Å². The van der Waals surface area contributed by atoms with Crippen LogP contribution in [0.25, 0.3) is 34.0 Å². The summed E-state index contributed by atoms with van der Waals surface area (Å²) < 4.78 is 0. The van der Waals surface area contributed by atoms with Crippen LogP contribution in [-0.4, -0.2) is 14.8 Å². The van der Waals surface area contributed by atoms with Gasteiger partial charge in [-0.2, -0.15) is 0 Å². The fraction of sp³-hybridized carbons (Fsp3) is 0.0741.